The zero-order chi connectivity index (χ0) is 16.1. The largest absolute Gasteiger partial charge is 0.324 e. The maximum Gasteiger partial charge on any atom is 0.224 e. The van der Waals surface area contributed by atoms with Gasteiger partial charge in [-0.05, 0) is 36.8 Å². The second kappa shape index (κ2) is 7.02. The average Bonchev–Trinajstić information content (AvgIpc) is 3.08. The summed E-state index contributed by atoms with van der Waals surface area (Å²) in [5.74, 6) is -0.112. The van der Waals surface area contributed by atoms with E-state index >= 15 is 0 Å². The number of aryl methyl sites for hydroxylation is 1. The first kappa shape index (κ1) is 15.2. The molecule has 0 saturated heterocycles. The molecular formula is C16H14ClN5O. The minimum absolute atomic E-state index is 0.112. The van der Waals surface area contributed by atoms with Gasteiger partial charge < -0.3 is 5.32 Å². The Kier molecular flexibility index (Phi) is 4.63. The molecule has 0 saturated carbocycles. The Morgan fingerprint density at radius 1 is 1.26 bits per heavy atom. The highest BCUT2D eigenvalue weighted by Crippen LogP contribution is 2.24. The first-order chi connectivity index (χ1) is 11.2. The molecule has 0 aliphatic heterocycles. The molecule has 0 fully saturated rings. The Labute approximate surface area is 138 Å². The predicted molar refractivity (Wildman–Crippen MR) is 87.6 cm³/mol. The van der Waals surface area contributed by atoms with Crippen LogP contribution in [0.15, 0.2) is 55.2 Å². The highest BCUT2D eigenvalue weighted by atomic mass is 35.5. The third-order valence-electron chi connectivity index (χ3n) is 3.23. The van der Waals surface area contributed by atoms with Gasteiger partial charge in [-0.3, -0.25) is 9.78 Å². The van der Waals surface area contributed by atoms with Gasteiger partial charge in [-0.25, -0.2) is 9.67 Å². The van der Waals surface area contributed by atoms with Gasteiger partial charge in [-0.2, -0.15) is 5.10 Å². The van der Waals surface area contributed by atoms with Gasteiger partial charge in [0.15, 0.2) is 0 Å². The normalized spacial score (nSPS) is 10.5. The van der Waals surface area contributed by atoms with Gasteiger partial charge in [0.25, 0.3) is 0 Å². The van der Waals surface area contributed by atoms with E-state index in [1.165, 1.54) is 6.33 Å². The van der Waals surface area contributed by atoms with Crippen LogP contribution in [0.25, 0.3) is 5.69 Å². The molecule has 2 aromatic heterocycles. The number of amides is 1. The fourth-order valence-corrected chi connectivity index (χ4v) is 2.31. The van der Waals surface area contributed by atoms with Gasteiger partial charge in [0.1, 0.15) is 12.7 Å². The first-order valence-corrected chi connectivity index (χ1v) is 7.44. The number of aromatic nitrogens is 4. The number of hydrogen-bond acceptors (Lipinski definition) is 4. The Bertz CT molecular complexity index is 789. The molecule has 1 N–H and O–H groups in total. The third-order valence-corrected chi connectivity index (χ3v) is 3.47. The molecule has 1 aromatic carbocycles. The molecule has 116 valence electrons. The Balaban J connectivity index is 1.72. The van der Waals surface area contributed by atoms with Gasteiger partial charge >= 0.3 is 0 Å². The topological polar surface area (TPSA) is 72.7 Å². The van der Waals surface area contributed by atoms with Crippen molar-refractivity contribution in [3.8, 4) is 5.69 Å². The summed E-state index contributed by atoms with van der Waals surface area (Å²) >= 11 is 6.03. The van der Waals surface area contributed by atoms with Crippen molar-refractivity contribution in [1.29, 1.82) is 0 Å². The number of rotatable bonds is 5. The van der Waals surface area contributed by atoms with Crippen molar-refractivity contribution in [3.63, 3.8) is 0 Å². The fourth-order valence-electron chi connectivity index (χ4n) is 2.14. The summed E-state index contributed by atoms with van der Waals surface area (Å²) in [4.78, 5) is 20.3. The average molecular weight is 328 g/mol. The van der Waals surface area contributed by atoms with E-state index in [0.717, 1.165) is 5.69 Å². The zero-order valence-corrected chi connectivity index (χ0v) is 12.9. The molecular weight excluding hydrogens is 314 g/mol. The zero-order valence-electron chi connectivity index (χ0n) is 12.2. The number of nitrogens with one attached hydrogen (secondary N) is 1. The van der Waals surface area contributed by atoms with E-state index in [4.69, 9.17) is 11.6 Å². The number of anilines is 1. The summed E-state index contributed by atoms with van der Waals surface area (Å²) in [6, 6.07) is 10.9. The number of hydrogen-bond donors (Lipinski definition) is 1. The van der Waals surface area contributed by atoms with E-state index in [0.29, 0.717) is 29.2 Å². The number of carbonyl (C=O) groups excluding carboxylic acids is 1. The Morgan fingerprint density at radius 2 is 2.17 bits per heavy atom. The lowest BCUT2D eigenvalue weighted by Gasteiger charge is -2.11. The van der Waals surface area contributed by atoms with Crippen LogP contribution in [0.3, 0.4) is 0 Å². The Hall–Kier alpha value is -2.73. The van der Waals surface area contributed by atoms with Crippen LogP contribution in [0, 0.1) is 0 Å². The monoisotopic (exact) mass is 327 g/mol. The maximum absolute atomic E-state index is 12.2. The van der Waals surface area contributed by atoms with Gasteiger partial charge in [-0.15, -0.1) is 0 Å². The third kappa shape index (κ3) is 3.92. The van der Waals surface area contributed by atoms with Gasteiger partial charge in [0.05, 0.1) is 11.4 Å². The number of carbonyl (C=O) groups is 1. The van der Waals surface area contributed by atoms with Crippen LogP contribution in [0.2, 0.25) is 5.02 Å². The van der Waals surface area contributed by atoms with E-state index in [2.05, 4.69) is 20.4 Å². The maximum atomic E-state index is 12.2. The molecule has 3 rings (SSSR count). The molecule has 3 aromatic rings. The summed E-state index contributed by atoms with van der Waals surface area (Å²) in [6.45, 7) is 0. The van der Waals surface area contributed by atoms with Crippen molar-refractivity contribution >= 4 is 23.2 Å². The fraction of sp³-hybridized carbons (Fsp3) is 0.125. The first-order valence-electron chi connectivity index (χ1n) is 7.07. The lowest BCUT2D eigenvalue weighted by Crippen LogP contribution is -2.14. The summed E-state index contributed by atoms with van der Waals surface area (Å²) in [7, 11) is 0. The van der Waals surface area contributed by atoms with Crippen LogP contribution in [-0.4, -0.2) is 25.7 Å². The molecule has 23 heavy (non-hydrogen) atoms. The second-order valence-corrected chi connectivity index (χ2v) is 5.31. The molecule has 2 heterocycles. The highest BCUT2D eigenvalue weighted by molar-refractivity contribution is 6.31. The Morgan fingerprint density at radius 3 is 2.91 bits per heavy atom. The number of pyridine rings is 1. The van der Waals surface area contributed by atoms with E-state index < -0.39 is 0 Å². The summed E-state index contributed by atoms with van der Waals surface area (Å²) < 4.78 is 1.57. The van der Waals surface area contributed by atoms with Crippen LogP contribution < -0.4 is 5.32 Å². The van der Waals surface area contributed by atoms with E-state index in [-0.39, 0.29) is 5.91 Å². The van der Waals surface area contributed by atoms with Crippen molar-refractivity contribution in [2.75, 3.05) is 5.32 Å². The summed E-state index contributed by atoms with van der Waals surface area (Å²) in [5.41, 5.74) is 2.18. The number of halogens is 1. The molecule has 0 spiro atoms. The van der Waals surface area contributed by atoms with Crippen molar-refractivity contribution < 1.29 is 4.79 Å². The SMILES string of the molecule is O=C(CCc1ccccn1)Nc1cc(Cl)ccc1-n1cncn1. The molecule has 0 atom stereocenters. The van der Waals surface area contributed by atoms with Gasteiger partial charge in [0.2, 0.25) is 5.91 Å². The van der Waals surface area contributed by atoms with Crippen LogP contribution in [-0.2, 0) is 11.2 Å². The predicted octanol–water partition coefficient (Wildman–Crippen LogP) is 2.89. The molecule has 0 aliphatic rings. The van der Waals surface area contributed by atoms with Crippen LogP contribution in [0.4, 0.5) is 5.69 Å². The lowest BCUT2D eigenvalue weighted by molar-refractivity contribution is -0.116. The minimum atomic E-state index is -0.112. The number of benzene rings is 1. The standard InChI is InChI=1S/C16H14ClN5O/c17-12-4-6-15(22-11-18-10-20-22)14(9-12)21-16(23)7-5-13-3-1-2-8-19-13/h1-4,6,8-11H,5,7H2,(H,21,23). The minimum Gasteiger partial charge on any atom is -0.324 e. The molecule has 0 bridgehead atoms. The second-order valence-electron chi connectivity index (χ2n) is 4.87. The van der Waals surface area contributed by atoms with E-state index in [9.17, 15) is 4.79 Å². The summed E-state index contributed by atoms with van der Waals surface area (Å²) in [6.07, 6.45) is 5.62. The van der Waals surface area contributed by atoms with Crippen molar-refractivity contribution in [2.24, 2.45) is 0 Å². The van der Waals surface area contributed by atoms with Crippen molar-refractivity contribution in [1.82, 2.24) is 19.7 Å². The van der Waals surface area contributed by atoms with Crippen LogP contribution in [0.1, 0.15) is 12.1 Å². The van der Waals surface area contributed by atoms with Crippen molar-refractivity contribution in [3.05, 3.63) is 66.0 Å². The van der Waals surface area contributed by atoms with Gasteiger partial charge in [0, 0.05) is 23.3 Å². The van der Waals surface area contributed by atoms with E-state index in [1.54, 1.807) is 35.4 Å². The lowest BCUT2D eigenvalue weighted by atomic mass is 10.2. The number of nitrogens with zero attached hydrogens (tertiary/aromatic N) is 4. The molecule has 6 nitrogen and oxygen atoms in total. The van der Waals surface area contributed by atoms with Crippen molar-refractivity contribution in [2.45, 2.75) is 12.8 Å². The van der Waals surface area contributed by atoms with E-state index in [1.807, 2.05) is 18.2 Å². The molecule has 0 unspecified atom stereocenters. The van der Waals surface area contributed by atoms with Crippen LogP contribution >= 0.6 is 11.6 Å². The smallest absolute Gasteiger partial charge is 0.224 e. The quantitative estimate of drug-likeness (QED) is 0.782. The molecule has 1 amide bonds. The van der Waals surface area contributed by atoms with Crippen LogP contribution in [0.5, 0.6) is 0 Å². The molecule has 0 aliphatic carbocycles. The molecule has 0 radical (unpaired) electrons. The highest BCUT2D eigenvalue weighted by Gasteiger charge is 2.10. The van der Waals surface area contributed by atoms with Gasteiger partial charge in [-0.1, -0.05) is 17.7 Å². The molecule has 7 heteroatoms. The summed E-state index contributed by atoms with van der Waals surface area (Å²) in [5, 5.41) is 7.48.